The van der Waals surface area contributed by atoms with Gasteiger partial charge < -0.3 is 15.8 Å². The van der Waals surface area contributed by atoms with Crippen LogP contribution in [0.2, 0.25) is 0 Å². The van der Waals surface area contributed by atoms with Crippen LogP contribution in [0.3, 0.4) is 0 Å². The monoisotopic (exact) mass is 608 g/mol. The summed E-state index contributed by atoms with van der Waals surface area (Å²) in [6, 6.07) is 8.70. The van der Waals surface area contributed by atoms with Crippen LogP contribution in [0, 0.1) is 18.6 Å². The highest BCUT2D eigenvalue weighted by atomic mass is 32.2. The molecule has 3 heterocycles. The smallest absolute Gasteiger partial charge is 0.262 e. The number of aromatic nitrogens is 3. The summed E-state index contributed by atoms with van der Waals surface area (Å²) >= 11 is 0. The molecule has 2 aromatic heterocycles. The zero-order valence-corrected chi connectivity index (χ0v) is 25.0. The minimum absolute atomic E-state index is 0.0249. The Morgan fingerprint density at radius 1 is 1.09 bits per heavy atom. The molecule has 0 saturated carbocycles. The van der Waals surface area contributed by atoms with E-state index in [0.717, 1.165) is 55.7 Å². The Morgan fingerprint density at radius 3 is 2.51 bits per heavy atom. The van der Waals surface area contributed by atoms with Crippen LogP contribution in [0.25, 0.3) is 27.7 Å². The van der Waals surface area contributed by atoms with Crippen molar-refractivity contribution >= 4 is 38.0 Å². The summed E-state index contributed by atoms with van der Waals surface area (Å²) in [5.41, 5.74) is 8.99. The third kappa shape index (κ3) is 5.50. The van der Waals surface area contributed by atoms with Crippen molar-refractivity contribution in [1.29, 1.82) is 0 Å². The number of nitrogens with one attached hydrogen (secondary N) is 2. The molecule has 1 unspecified atom stereocenters. The molecule has 0 amide bonds. The summed E-state index contributed by atoms with van der Waals surface area (Å²) in [5.74, 6) is -1.66. The van der Waals surface area contributed by atoms with Crippen LogP contribution in [0.1, 0.15) is 50.3 Å². The Hall–Kier alpha value is -3.87. The maximum atomic E-state index is 15.7. The molecule has 1 saturated heterocycles. The topological polar surface area (TPSA) is 124 Å². The molecule has 2 aliphatic rings. The minimum Gasteiger partial charge on any atom is -0.383 e. The van der Waals surface area contributed by atoms with E-state index < -0.39 is 27.3 Å². The van der Waals surface area contributed by atoms with Gasteiger partial charge in [0.1, 0.15) is 23.1 Å². The molecule has 4 aromatic rings. The molecule has 0 bridgehead atoms. The second kappa shape index (κ2) is 11.3. The first-order chi connectivity index (χ1) is 20.5. The molecular formula is C31H34F2N6O3S. The molecule has 6 rings (SSSR count). The van der Waals surface area contributed by atoms with Crippen LogP contribution in [0.4, 0.5) is 20.3 Å². The Kier molecular flexibility index (Phi) is 7.69. The van der Waals surface area contributed by atoms with Gasteiger partial charge in [-0.3, -0.25) is 9.40 Å². The van der Waals surface area contributed by atoms with Gasteiger partial charge in [-0.15, -0.1) is 0 Å². The number of benzene rings is 2. The molecule has 226 valence electrons. The molecule has 4 N–H and O–H groups in total. The fourth-order valence-electron chi connectivity index (χ4n) is 5.75. The molecule has 43 heavy (non-hydrogen) atoms. The number of anilines is 2. The van der Waals surface area contributed by atoms with Crippen molar-refractivity contribution in [3.8, 4) is 11.3 Å². The van der Waals surface area contributed by atoms with Gasteiger partial charge in [0.2, 0.25) is 0 Å². The average molecular weight is 609 g/mol. The van der Waals surface area contributed by atoms with Crippen molar-refractivity contribution in [2.45, 2.75) is 63.1 Å². The molecule has 12 heteroatoms. The SMILES string of the molecule is Cc1ccccc1S(=O)(=O)Nc1cc(F)c(-c2nn(C(C)C)c3c(C4=CCC(NC5COC5)CC4)cnc(N)c23)cc1F. The van der Waals surface area contributed by atoms with Crippen LogP contribution in [-0.2, 0) is 14.8 Å². The molecule has 1 atom stereocenters. The van der Waals surface area contributed by atoms with Gasteiger partial charge in [0.05, 0.1) is 40.7 Å². The molecule has 1 aliphatic carbocycles. The van der Waals surface area contributed by atoms with Gasteiger partial charge in [0, 0.05) is 35.5 Å². The zero-order chi connectivity index (χ0) is 30.5. The van der Waals surface area contributed by atoms with Gasteiger partial charge in [-0.2, -0.15) is 5.10 Å². The first kappa shape index (κ1) is 29.2. The fraction of sp³-hybridized carbons (Fsp3) is 0.355. The Balaban J connectivity index is 1.39. The van der Waals surface area contributed by atoms with Crippen LogP contribution < -0.4 is 15.8 Å². The van der Waals surface area contributed by atoms with Crippen molar-refractivity contribution in [3.05, 3.63) is 71.4 Å². The number of halogens is 2. The number of nitrogen functional groups attached to an aromatic ring is 1. The van der Waals surface area contributed by atoms with Gasteiger partial charge in [-0.05, 0) is 63.3 Å². The quantitative estimate of drug-likeness (QED) is 0.239. The number of sulfonamides is 1. The van der Waals surface area contributed by atoms with E-state index in [0.29, 0.717) is 28.6 Å². The number of pyridine rings is 1. The van der Waals surface area contributed by atoms with E-state index in [1.54, 1.807) is 36.0 Å². The van der Waals surface area contributed by atoms with E-state index in [-0.39, 0.29) is 28.0 Å². The third-order valence-corrected chi connectivity index (χ3v) is 9.57. The third-order valence-electron chi connectivity index (χ3n) is 8.05. The first-order valence-electron chi connectivity index (χ1n) is 14.3. The lowest BCUT2D eigenvalue weighted by molar-refractivity contribution is -0.0103. The minimum atomic E-state index is -4.16. The average Bonchev–Trinajstić information content (AvgIpc) is 3.35. The van der Waals surface area contributed by atoms with Gasteiger partial charge in [-0.25, -0.2) is 22.2 Å². The van der Waals surface area contributed by atoms with E-state index >= 15 is 8.78 Å². The lowest BCUT2D eigenvalue weighted by Crippen LogP contribution is -2.50. The number of hydrogen-bond donors (Lipinski definition) is 3. The first-order valence-corrected chi connectivity index (χ1v) is 15.8. The lowest BCUT2D eigenvalue weighted by atomic mass is 9.89. The molecule has 1 aliphatic heterocycles. The highest BCUT2D eigenvalue weighted by Gasteiger charge is 2.28. The largest absolute Gasteiger partial charge is 0.383 e. The van der Waals surface area contributed by atoms with Crippen molar-refractivity contribution < 1.29 is 21.9 Å². The second-order valence-corrected chi connectivity index (χ2v) is 13.1. The van der Waals surface area contributed by atoms with E-state index in [9.17, 15) is 8.42 Å². The van der Waals surface area contributed by atoms with Gasteiger partial charge in [0.25, 0.3) is 10.0 Å². The number of aryl methyl sites for hydroxylation is 1. The zero-order valence-electron chi connectivity index (χ0n) is 24.2. The van der Waals surface area contributed by atoms with Crippen molar-refractivity contribution in [2.75, 3.05) is 23.7 Å². The van der Waals surface area contributed by atoms with Crippen molar-refractivity contribution in [3.63, 3.8) is 0 Å². The molecule has 0 radical (unpaired) electrons. The van der Waals surface area contributed by atoms with Gasteiger partial charge in [0.15, 0.2) is 0 Å². The number of allylic oxidation sites excluding steroid dienone is 1. The summed E-state index contributed by atoms with van der Waals surface area (Å²) in [7, 11) is -4.16. The lowest BCUT2D eigenvalue weighted by Gasteiger charge is -2.33. The molecular weight excluding hydrogens is 574 g/mol. The van der Waals surface area contributed by atoms with Gasteiger partial charge in [-0.1, -0.05) is 24.3 Å². The second-order valence-electron chi connectivity index (χ2n) is 11.5. The summed E-state index contributed by atoms with van der Waals surface area (Å²) < 4.78 is 66.3. The summed E-state index contributed by atoms with van der Waals surface area (Å²) in [5, 5.41) is 8.76. The normalized spacial score (nSPS) is 17.7. The number of nitrogens with zero attached hydrogens (tertiary/aromatic N) is 3. The Bertz CT molecular complexity index is 1850. The van der Waals surface area contributed by atoms with Gasteiger partial charge >= 0.3 is 0 Å². The summed E-state index contributed by atoms with van der Waals surface area (Å²) in [4.78, 5) is 4.41. The van der Waals surface area contributed by atoms with Crippen LogP contribution in [0.5, 0.6) is 0 Å². The number of ether oxygens (including phenoxy) is 1. The highest BCUT2D eigenvalue weighted by Crippen LogP contribution is 2.40. The maximum Gasteiger partial charge on any atom is 0.262 e. The Labute approximate surface area is 249 Å². The number of hydrogen-bond acceptors (Lipinski definition) is 7. The summed E-state index contributed by atoms with van der Waals surface area (Å²) in [6.07, 6.45) is 6.52. The van der Waals surface area contributed by atoms with Crippen LogP contribution >= 0.6 is 0 Å². The fourth-order valence-corrected chi connectivity index (χ4v) is 7.06. The molecule has 1 fully saturated rings. The number of nitrogens with two attached hydrogens (primary N) is 1. The maximum absolute atomic E-state index is 15.7. The molecule has 0 spiro atoms. The number of rotatable bonds is 8. The van der Waals surface area contributed by atoms with E-state index in [4.69, 9.17) is 15.6 Å². The van der Waals surface area contributed by atoms with Crippen LogP contribution in [-0.4, -0.2) is 48.5 Å². The molecule has 2 aromatic carbocycles. The highest BCUT2D eigenvalue weighted by molar-refractivity contribution is 7.92. The van der Waals surface area contributed by atoms with E-state index in [1.807, 2.05) is 13.8 Å². The Morgan fingerprint density at radius 2 is 1.86 bits per heavy atom. The standard InChI is InChI=1S/C31H34F2N6O3S/c1-17(2)39-30-23(19-8-10-20(11-9-19)36-21-15-42-16-21)14-35-31(34)28(30)29(37-39)22-12-25(33)26(13-24(22)32)38-43(40,41)27-7-5-4-6-18(27)3/h4-8,12-14,17,20-21,36,38H,9-11,15-16H2,1-3H3,(H2,34,35). The van der Waals surface area contributed by atoms with E-state index in [1.165, 1.54) is 6.07 Å². The van der Waals surface area contributed by atoms with Crippen molar-refractivity contribution in [2.24, 2.45) is 0 Å². The predicted octanol–water partition coefficient (Wildman–Crippen LogP) is 5.57. The van der Waals surface area contributed by atoms with Crippen LogP contribution in [0.15, 0.2) is 53.6 Å². The summed E-state index contributed by atoms with van der Waals surface area (Å²) in [6.45, 7) is 7.01. The predicted molar refractivity (Wildman–Crippen MR) is 163 cm³/mol. The number of fused-ring (bicyclic) bond motifs is 1. The molecule has 9 nitrogen and oxygen atoms in total. The van der Waals surface area contributed by atoms with E-state index in [2.05, 4.69) is 21.1 Å². The van der Waals surface area contributed by atoms with Crippen molar-refractivity contribution in [1.82, 2.24) is 20.1 Å².